The number of nitrogens with zero attached hydrogens (tertiary/aromatic N) is 6. The standard InChI is InChI=1S/C28H34N6O3/c1-6-21-17-33(26-25-23(32(5)28(35)31-26)12-13-24(29-4)30-25)18(3)16-34(21)22(7-2)19-8-10-20(11-9-19)27-36-14-15-37-27/h8-13,18,21-22,27H,6-7,14-17H2,1-3,5H3/t18-,21+,22?/m0/s1. The van der Waals surface area contributed by atoms with Crippen LogP contribution in [-0.4, -0.2) is 57.8 Å². The number of piperazine rings is 1. The van der Waals surface area contributed by atoms with Crippen molar-refractivity contribution in [2.75, 3.05) is 31.2 Å². The van der Waals surface area contributed by atoms with E-state index in [-0.39, 0.29) is 30.1 Å². The van der Waals surface area contributed by atoms with Crippen LogP contribution in [0.2, 0.25) is 0 Å². The lowest BCUT2D eigenvalue weighted by Crippen LogP contribution is -2.58. The van der Waals surface area contributed by atoms with Crippen molar-refractivity contribution in [2.45, 2.75) is 58.0 Å². The number of fused-ring (bicyclic) bond motifs is 1. The zero-order valence-corrected chi connectivity index (χ0v) is 21.9. The van der Waals surface area contributed by atoms with Crippen molar-refractivity contribution < 1.29 is 9.47 Å². The maximum absolute atomic E-state index is 12.7. The normalized spacial score (nSPS) is 21.9. The predicted octanol–water partition coefficient (Wildman–Crippen LogP) is 4.37. The van der Waals surface area contributed by atoms with E-state index in [0.717, 1.165) is 31.5 Å². The highest BCUT2D eigenvalue weighted by Gasteiger charge is 2.37. The Morgan fingerprint density at radius 2 is 1.81 bits per heavy atom. The molecule has 3 aromatic rings. The van der Waals surface area contributed by atoms with Gasteiger partial charge >= 0.3 is 5.69 Å². The molecular weight excluding hydrogens is 468 g/mol. The van der Waals surface area contributed by atoms with Gasteiger partial charge in [0.25, 0.3) is 5.82 Å². The van der Waals surface area contributed by atoms with Crippen LogP contribution in [0.15, 0.2) is 41.2 Å². The minimum Gasteiger partial charge on any atom is -0.361 e. The zero-order valence-electron chi connectivity index (χ0n) is 21.9. The molecule has 0 spiro atoms. The smallest absolute Gasteiger partial charge is 0.350 e. The van der Waals surface area contributed by atoms with Gasteiger partial charge < -0.3 is 19.2 Å². The number of hydrogen-bond donors (Lipinski definition) is 0. The van der Waals surface area contributed by atoms with Gasteiger partial charge in [0, 0.05) is 43.8 Å². The Bertz CT molecular complexity index is 1360. The Labute approximate surface area is 217 Å². The molecule has 0 bridgehead atoms. The van der Waals surface area contributed by atoms with Gasteiger partial charge in [-0.3, -0.25) is 9.47 Å². The van der Waals surface area contributed by atoms with Crippen molar-refractivity contribution in [3.63, 3.8) is 0 Å². The fourth-order valence-corrected chi connectivity index (χ4v) is 5.65. The Morgan fingerprint density at radius 3 is 2.46 bits per heavy atom. The number of aryl methyl sites for hydroxylation is 1. The highest BCUT2D eigenvalue weighted by atomic mass is 16.7. The lowest BCUT2D eigenvalue weighted by molar-refractivity contribution is -0.0441. The predicted molar refractivity (Wildman–Crippen MR) is 143 cm³/mol. The van der Waals surface area contributed by atoms with Crippen LogP contribution in [0.25, 0.3) is 15.9 Å². The van der Waals surface area contributed by atoms with Gasteiger partial charge in [0.2, 0.25) is 5.52 Å². The van der Waals surface area contributed by atoms with E-state index in [1.165, 1.54) is 10.1 Å². The molecule has 9 heteroatoms. The van der Waals surface area contributed by atoms with Gasteiger partial charge in [0.15, 0.2) is 12.1 Å². The first-order valence-corrected chi connectivity index (χ1v) is 13.1. The van der Waals surface area contributed by atoms with Gasteiger partial charge in [-0.05, 0) is 37.5 Å². The largest absolute Gasteiger partial charge is 0.361 e. The number of pyridine rings is 1. The fraction of sp³-hybridized carbons (Fsp3) is 0.500. The molecule has 3 atom stereocenters. The monoisotopic (exact) mass is 502 g/mol. The third-order valence-electron chi connectivity index (χ3n) is 7.66. The molecule has 5 rings (SSSR count). The molecule has 0 aliphatic carbocycles. The number of ether oxygens (including phenoxy) is 2. The van der Waals surface area contributed by atoms with Crippen LogP contribution in [-0.2, 0) is 16.5 Å². The van der Waals surface area contributed by atoms with Crippen molar-refractivity contribution in [1.29, 1.82) is 0 Å². The summed E-state index contributed by atoms with van der Waals surface area (Å²) in [4.78, 5) is 30.1. The molecule has 1 unspecified atom stereocenters. The molecule has 4 heterocycles. The third-order valence-corrected chi connectivity index (χ3v) is 7.66. The van der Waals surface area contributed by atoms with Gasteiger partial charge in [0.05, 0.1) is 18.7 Å². The minimum atomic E-state index is -0.315. The summed E-state index contributed by atoms with van der Waals surface area (Å²) >= 11 is 0. The van der Waals surface area contributed by atoms with Gasteiger partial charge in [-0.15, -0.1) is 4.98 Å². The van der Waals surface area contributed by atoms with E-state index in [1.54, 1.807) is 19.2 Å². The maximum Gasteiger partial charge on any atom is 0.350 e. The van der Waals surface area contributed by atoms with Crippen molar-refractivity contribution in [3.8, 4) is 0 Å². The topological polar surface area (TPSA) is 77.1 Å². The molecule has 2 fully saturated rings. The van der Waals surface area contributed by atoms with E-state index < -0.39 is 0 Å². The summed E-state index contributed by atoms with van der Waals surface area (Å²) in [5.41, 5.74) is 3.31. The number of benzene rings is 1. The first-order chi connectivity index (χ1) is 17.9. The molecule has 1 aromatic carbocycles. The number of anilines is 1. The second-order valence-corrected chi connectivity index (χ2v) is 9.85. The average molecular weight is 503 g/mol. The maximum atomic E-state index is 12.7. The van der Waals surface area contributed by atoms with E-state index in [1.807, 2.05) is 0 Å². The average Bonchev–Trinajstić information content (AvgIpc) is 3.47. The van der Waals surface area contributed by atoms with Gasteiger partial charge in [-0.1, -0.05) is 44.7 Å². The summed E-state index contributed by atoms with van der Waals surface area (Å²) < 4.78 is 12.8. The Hall–Kier alpha value is -3.32. The van der Waals surface area contributed by atoms with E-state index >= 15 is 0 Å². The second kappa shape index (κ2) is 10.6. The SMILES string of the molecule is [C-]#[N+]c1ccc2c(n1)c(N1C[C@@H](CC)N(C(CC)c3ccc(C4OCCO4)cc3)C[C@@H]1C)nc(=O)n2C. The van der Waals surface area contributed by atoms with Crippen LogP contribution in [0.3, 0.4) is 0 Å². The van der Waals surface area contributed by atoms with E-state index in [4.69, 9.17) is 16.0 Å². The number of aromatic nitrogens is 3. The molecule has 194 valence electrons. The zero-order chi connectivity index (χ0) is 26.1. The number of rotatable bonds is 6. The van der Waals surface area contributed by atoms with Crippen LogP contribution in [0.4, 0.5) is 11.6 Å². The molecule has 9 nitrogen and oxygen atoms in total. The van der Waals surface area contributed by atoms with E-state index in [0.29, 0.717) is 35.9 Å². The van der Waals surface area contributed by atoms with Gasteiger partial charge in [-0.2, -0.15) is 4.98 Å². The second-order valence-electron chi connectivity index (χ2n) is 9.85. The van der Waals surface area contributed by atoms with Crippen LogP contribution >= 0.6 is 0 Å². The van der Waals surface area contributed by atoms with Crippen molar-refractivity contribution in [2.24, 2.45) is 7.05 Å². The molecule has 2 saturated heterocycles. The summed E-state index contributed by atoms with van der Waals surface area (Å²) in [6.07, 6.45) is 1.69. The lowest BCUT2D eigenvalue weighted by atomic mass is 9.95. The molecule has 37 heavy (non-hydrogen) atoms. The third kappa shape index (κ3) is 4.73. The summed E-state index contributed by atoms with van der Waals surface area (Å²) in [5.74, 6) is 0.874. The Morgan fingerprint density at radius 1 is 1.08 bits per heavy atom. The highest BCUT2D eigenvalue weighted by Crippen LogP contribution is 2.35. The lowest BCUT2D eigenvalue weighted by Gasteiger charge is -2.48. The van der Waals surface area contributed by atoms with Crippen LogP contribution in [0.5, 0.6) is 0 Å². The van der Waals surface area contributed by atoms with Crippen LogP contribution < -0.4 is 10.6 Å². The Kier molecular flexibility index (Phi) is 7.24. The first kappa shape index (κ1) is 25.3. The molecule has 2 aliphatic heterocycles. The molecule has 0 saturated carbocycles. The quantitative estimate of drug-likeness (QED) is 0.464. The molecule has 0 N–H and O–H groups in total. The summed E-state index contributed by atoms with van der Waals surface area (Å²) in [6.45, 7) is 16.9. The van der Waals surface area contributed by atoms with Crippen molar-refractivity contribution in [3.05, 3.63) is 69.4 Å². The first-order valence-electron chi connectivity index (χ1n) is 13.1. The minimum absolute atomic E-state index is 0.109. The Balaban J connectivity index is 1.45. The molecule has 2 aromatic heterocycles. The van der Waals surface area contributed by atoms with E-state index in [2.05, 4.69) is 69.6 Å². The van der Waals surface area contributed by atoms with Crippen molar-refractivity contribution in [1.82, 2.24) is 19.4 Å². The van der Waals surface area contributed by atoms with Crippen LogP contribution in [0, 0.1) is 6.57 Å². The van der Waals surface area contributed by atoms with Gasteiger partial charge in [0.1, 0.15) is 0 Å². The molecular formula is C28H34N6O3. The highest BCUT2D eigenvalue weighted by molar-refractivity contribution is 5.87. The fourth-order valence-electron chi connectivity index (χ4n) is 5.65. The summed E-state index contributed by atoms with van der Waals surface area (Å²) in [7, 11) is 1.69. The number of hydrogen-bond acceptors (Lipinski definition) is 7. The molecule has 0 amide bonds. The molecule has 0 radical (unpaired) electrons. The summed E-state index contributed by atoms with van der Waals surface area (Å²) in [5, 5.41) is 0. The van der Waals surface area contributed by atoms with Crippen molar-refractivity contribution >= 4 is 22.7 Å². The van der Waals surface area contributed by atoms with Crippen LogP contribution in [0.1, 0.15) is 57.1 Å². The van der Waals surface area contributed by atoms with Gasteiger partial charge in [-0.25, -0.2) is 4.79 Å². The van der Waals surface area contributed by atoms with E-state index in [9.17, 15) is 4.79 Å². The summed E-state index contributed by atoms with van der Waals surface area (Å²) in [6, 6.07) is 12.7. The molecule has 2 aliphatic rings.